The average molecular weight is 267 g/mol. The minimum atomic E-state index is 0.625. The molecule has 2 rings (SSSR count). The van der Waals surface area contributed by atoms with Crippen molar-refractivity contribution in [3.05, 3.63) is 23.8 Å². The van der Waals surface area contributed by atoms with Crippen LogP contribution in [0.15, 0.2) is 18.2 Å². The van der Waals surface area contributed by atoms with Crippen molar-refractivity contribution in [1.29, 1.82) is 0 Å². The van der Waals surface area contributed by atoms with E-state index >= 15 is 0 Å². The Balaban J connectivity index is 1.99. The molecule has 3 nitrogen and oxygen atoms in total. The van der Waals surface area contributed by atoms with E-state index in [4.69, 9.17) is 9.47 Å². The summed E-state index contributed by atoms with van der Waals surface area (Å²) in [5, 5.41) is 3.61. The maximum Gasteiger partial charge on any atom is 0.165 e. The summed E-state index contributed by atoms with van der Waals surface area (Å²) in [5.41, 5.74) is 1.16. The number of hydrogen-bond acceptors (Lipinski definition) is 4. The quantitative estimate of drug-likeness (QED) is 0.888. The van der Waals surface area contributed by atoms with Crippen LogP contribution in [-0.4, -0.2) is 31.8 Å². The summed E-state index contributed by atoms with van der Waals surface area (Å²) in [5.74, 6) is 4.17. The van der Waals surface area contributed by atoms with Crippen molar-refractivity contribution in [2.24, 2.45) is 0 Å². The van der Waals surface area contributed by atoms with E-state index in [0.29, 0.717) is 6.04 Å². The SMILES string of the molecule is COc1cccc(CNC2CCCSC2)c1OC. The predicted octanol–water partition coefficient (Wildman–Crippen LogP) is 2.69. The van der Waals surface area contributed by atoms with Crippen LogP contribution in [0.5, 0.6) is 11.5 Å². The Morgan fingerprint density at radius 1 is 1.33 bits per heavy atom. The number of methoxy groups -OCH3 is 2. The maximum absolute atomic E-state index is 5.44. The lowest BCUT2D eigenvalue weighted by Gasteiger charge is -2.23. The van der Waals surface area contributed by atoms with Crippen molar-refractivity contribution in [2.45, 2.75) is 25.4 Å². The molecule has 1 atom stereocenters. The minimum absolute atomic E-state index is 0.625. The molecule has 1 aliphatic heterocycles. The Hall–Kier alpha value is -0.870. The number of rotatable bonds is 5. The molecule has 0 bridgehead atoms. The first kappa shape index (κ1) is 13.6. The third-order valence-electron chi connectivity index (χ3n) is 3.23. The highest BCUT2D eigenvalue weighted by atomic mass is 32.2. The van der Waals surface area contributed by atoms with Crippen molar-refractivity contribution in [1.82, 2.24) is 5.32 Å². The van der Waals surface area contributed by atoms with Crippen LogP contribution in [0.3, 0.4) is 0 Å². The van der Waals surface area contributed by atoms with Crippen molar-refractivity contribution in [3.8, 4) is 11.5 Å². The second-order valence-electron chi connectivity index (χ2n) is 4.45. The molecule has 1 heterocycles. The standard InChI is InChI=1S/C14H21NO2S/c1-16-13-7-3-5-11(14(13)17-2)9-15-12-6-4-8-18-10-12/h3,5,7,12,15H,4,6,8-10H2,1-2H3. The van der Waals surface area contributed by atoms with Gasteiger partial charge in [-0.05, 0) is 24.7 Å². The summed E-state index contributed by atoms with van der Waals surface area (Å²) in [6, 6.07) is 6.65. The van der Waals surface area contributed by atoms with Gasteiger partial charge in [0.1, 0.15) is 0 Å². The lowest BCUT2D eigenvalue weighted by Crippen LogP contribution is -2.33. The highest BCUT2D eigenvalue weighted by molar-refractivity contribution is 7.99. The first-order valence-corrected chi connectivity index (χ1v) is 7.51. The molecule has 0 aliphatic carbocycles. The molecule has 1 aliphatic rings. The smallest absolute Gasteiger partial charge is 0.165 e. The van der Waals surface area contributed by atoms with Crippen molar-refractivity contribution in [2.75, 3.05) is 25.7 Å². The van der Waals surface area contributed by atoms with Gasteiger partial charge >= 0.3 is 0 Å². The molecular formula is C14H21NO2S. The van der Waals surface area contributed by atoms with Gasteiger partial charge in [-0.25, -0.2) is 0 Å². The van der Waals surface area contributed by atoms with Gasteiger partial charge in [-0.1, -0.05) is 12.1 Å². The summed E-state index contributed by atoms with van der Waals surface area (Å²) in [6.07, 6.45) is 2.59. The van der Waals surface area contributed by atoms with E-state index < -0.39 is 0 Å². The largest absolute Gasteiger partial charge is 0.493 e. The van der Waals surface area contributed by atoms with Gasteiger partial charge in [0.15, 0.2) is 11.5 Å². The second-order valence-corrected chi connectivity index (χ2v) is 5.60. The molecule has 0 aromatic heterocycles. The number of ether oxygens (including phenoxy) is 2. The van der Waals surface area contributed by atoms with Gasteiger partial charge in [-0.15, -0.1) is 0 Å². The molecule has 18 heavy (non-hydrogen) atoms. The first-order valence-electron chi connectivity index (χ1n) is 6.36. The average Bonchev–Trinajstić information content (AvgIpc) is 2.45. The Labute approximate surface area is 113 Å². The van der Waals surface area contributed by atoms with E-state index in [1.807, 2.05) is 23.9 Å². The van der Waals surface area contributed by atoms with Gasteiger partial charge < -0.3 is 14.8 Å². The van der Waals surface area contributed by atoms with Crippen LogP contribution in [0, 0.1) is 0 Å². The minimum Gasteiger partial charge on any atom is -0.493 e. The third kappa shape index (κ3) is 3.33. The molecule has 0 amide bonds. The fraction of sp³-hybridized carbons (Fsp3) is 0.571. The zero-order valence-corrected chi connectivity index (χ0v) is 11.9. The van der Waals surface area contributed by atoms with Gasteiger partial charge in [-0.3, -0.25) is 0 Å². The van der Waals surface area contributed by atoms with Crippen LogP contribution < -0.4 is 14.8 Å². The summed E-state index contributed by atoms with van der Waals surface area (Å²) in [6.45, 7) is 0.839. The summed E-state index contributed by atoms with van der Waals surface area (Å²) in [4.78, 5) is 0. The van der Waals surface area contributed by atoms with Crippen LogP contribution in [0.25, 0.3) is 0 Å². The van der Waals surface area contributed by atoms with Gasteiger partial charge in [-0.2, -0.15) is 11.8 Å². The van der Waals surface area contributed by atoms with Crippen LogP contribution in [-0.2, 0) is 6.54 Å². The van der Waals surface area contributed by atoms with E-state index in [2.05, 4.69) is 11.4 Å². The Morgan fingerprint density at radius 3 is 2.89 bits per heavy atom. The lowest BCUT2D eigenvalue weighted by atomic mass is 10.1. The Kier molecular flexibility index (Phi) is 5.20. The van der Waals surface area contributed by atoms with Crippen LogP contribution in [0.2, 0.25) is 0 Å². The third-order valence-corrected chi connectivity index (χ3v) is 4.44. The number of nitrogens with one attached hydrogen (secondary N) is 1. The summed E-state index contributed by atoms with van der Waals surface area (Å²) < 4.78 is 10.7. The molecule has 1 unspecified atom stereocenters. The summed E-state index contributed by atoms with van der Waals surface area (Å²) >= 11 is 2.04. The van der Waals surface area contributed by atoms with Gasteiger partial charge in [0.25, 0.3) is 0 Å². The van der Waals surface area contributed by atoms with Crippen molar-refractivity contribution < 1.29 is 9.47 Å². The van der Waals surface area contributed by atoms with Gasteiger partial charge in [0, 0.05) is 23.9 Å². The van der Waals surface area contributed by atoms with Gasteiger partial charge in [0.2, 0.25) is 0 Å². The van der Waals surface area contributed by atoms with Crippen molar-refractivity contribution >= 4 is 11.8 Å². The predicted molar refractivity (Wildman–Crippen MR) is 76.7 cm³/mol. The molecule has 1 aromatic rings. The normalized spacial score (nSPS) is 19.6. The molecule has 0 radical (unpaired) electrons. The molecule has 100 valence electrons. The molecule has 4 heteroatoms. The molecule has 1 fully saturated rings. The van der Waals surface area contributed by atoms with Crippen LogP contribution >= 0.6 is 11.8 Å². The van der Waals surface area contributed by atoms with E-state index in [1.54, 1.807) is 14.2 Å². The zero-order chi connectivity index (χ0) is 12.8. The number of para-hydroxylation sites is 1. The van der Waals surface area contributed by atoms with E-state index in [9.17, 15) is 0 Å². The van der Waals surface area contributed by atoms with E-state index in [-0.39, 0.29) is 0 Å². The Morgan fingerprint density at radius 2 is 2.22 bits per heavy atom. The van der Waals surface area contributed by atoms with Crippen LogP contribution in [0.4, 0.5) is 0 Å². The Bertz CT molecular complexity index is 378. The summed E-state index contributed by atoms with van der Waals surface area (Å²) in [7, 11) is 3.37. The molecule has 0 saturated carbocycles. The lowest BCUT2D eigenvalue weighted by molar-refractivity contribution is 0.349. The number of benzene rings is 1. The maximum atomic E-state index is 5.44. The van der Waals surface area contributed by atoms with E-state index in [0.717, 1.165) is 23.6 Å². The highest BCUT2D eigenvalue weighted by Gasteiger charge is 2.15. The van der Waals surface area contributed by atoms with Crippen molar-refractivity contribution in [3.63, 3.8) is 0 Å². The highest BCUT2D eigenvalue weighted by Crippen LogP contribution is 2.30. The monoisotopic (exact) mass is 267 g/mol. The number of thioether (sulfide) groups is 1. The molecule has 0 spiro atoms. The topological polar surface area (TPSA) is 30.5 Å². The fourth-order valence-electron chi connectivity index (χ4n) is 2.25. The zero-order valence-electron chi connectivity index (χ0n) is 11.1. The first-order chi connectivity index (χ1) is 8.85. The molecular weight excluding hydrogens is 246 g/mol. The molecule has 1 saturated heterocycles. The molecule has 1 N–H and O–H groups in total. The van der Waals surface area contributed by atoms with Gasteiger partial charge in [0.05, 0.1) is 14.2 Å². The molecule has 1 aromatic carbocycles. The fourth-order valence-corrected chi connectivity index (χ4v) is 3.36. The van der Waals surface area contributed by atoms with E-state index in [1.165, 1.54) is 24.3 Å². The van der Waals surface area contributed by atoms with Crippen LogP contribution in [0.1, 0.15) is 18.4 Å². The number of hydrogen-bond donors (Lipinski definition) is 1. The second kappa shape index (κ2) is 6.90.